The molecule has 0 radical (unpaired) electrons. The van der Waals surface area contributed by atoms with Gasteiger partial charge in [-0.15, -0.1) is 11.3 Å². The largest absolute Gasteiger partial charge is 0.477 e. The average molecular weight is 401 g/mol. The number of nitrogens with one attached hydrogen (secondary N) is 1. The second-order valence-electron chi connectivity index (χ2n) is 6.14. The van der Waals surface area contributed by atoms with Crippen molar-refractivity contribution in [2.24, 2.45) is 0 Å². The van der Waals surface area contributed by atoms with E-state index in [1.165, 1.54) is 41.7 Å². The zero-order valence-corrected chi connectivity index (χ0v) is 15.6. The van der Waals surface area contributed by atoms with E-state index in [0.29, 0.717) is 30.5 Å². The van der Waals surface area contributed by atoms with Crippen LogP contribution in [0, 0.1) is 11.6 Å². The Morgan fingerprint density at radius 1 is 1.00 bits per heavy atom. The van der Waals surface area contributed by atoms with E-state index in [0.717, 1.165) is 4.88 Å². The molecule has 0 atom stereocenters. The molecule has 0 fully saturated rings. The Balaban J connectivity index is 1.60. The minimum absolute atomic E-state index is 0.106. The molecule has 0 aliphatic rings. The van der Waals surface area contributed by atoms with Crippen molar-refractivity contribution in [1.82, 2.24) is 5.32 Å². The van der Waals surface area contributed by atoms with Crippen molar-refractivity contribution in [2.45, 2.75) is 12.8 Å². The molecule has 0 saturated carbocycles. The topological polar surface area (TPSA) is 66.4 Å². The summed E-state index contributed by atoms with van der Waals surface area (Å²) in [5, 5.41) is 11.6. The monoisotopic (exact) mass is 401 g/mol. The van der Waals surface area contributed by atoms with Crippen molar-refractivity contribution < 1.29 is 23.5 Å². The Morgan fingerprint density at radius 3 is 2.50 bits per heavy atom. The van der Waals surface area contributed by atoms with Gasteiger partial charge >= 0.3 is 5.97 Å². The molecule has 4 nitrogen and oxygen atoms in total. The summed E-state index contributed by atoms with van der Waals surface area (Å²) in [5.41, 5.74) is 0.998. The Morgan fingerprint density at radius 2 is 1.79 bits per heavy atom. The van der Waals surface area contributed by atoms with Gasteiger partial charge in [-0.05, 0) is 60.4 Å². The molecule has 1 heterocycles. The van der Waals surface area contributed by atoms with E-state index in [1.54, 1.807) is 24.3 Å². The fraction of sp³-hybridized carbons (Fsp3) is 0.143. The molecule has 7 heteroatoms. The number of aromatic carboxylic acids is 1. The van der Waals surface area contributed by atoms with Gasteiger partial charge in [0, 0.05) is 11.4 Å². The molecule has 1 amide bonds. The molecule has 28 heavy (non-hydrogen) atoms. The highest BCUT2D eigenvalue weighted by Crippen LogP contribution is 2.23. The molecule has 3 aromatic rings. The maximum atomic E-state index is 14.1. The minimum Gasteiger partial charge on any atom is -0.477 e. The molecule has 0 aliphatic heterocycles. The second-order valence-corrected chi connectivity index (χ2v) is 7.30. The lowest BCUT2D eigenvalue weighted by Crippen LogP contribution is -2.25. The molecular weight excluding hydrogens is 384 g/mol. The van der Waals surface area contributed by atoms with Gasteiger partial charge in [0.05, 0.1) is 5.56 Å². The second kappa shape index (κ2) is 8.75. The number of carboxylic acid groups (broad SMARTS) is 1. The fourth-order valence-electron chi connectivity index (χ4n) is 2.73. The van der Waals surface area contributed by atoms with E-state index in [9.17, 15) is 18.4 Å². The third kappa shape index (κ3) is 4.80. The van der Waals surface area contributed by atoms with Crippen LogP contribution in [0.2, 0.25) is 0 Å². The van der Waals surface area contributed by atoms with E-state index in [4.69, 9.17) is 5.11 Å². The fourth-order valence-corrected chi connectivity index (χ4v) is 3.62. The van der Waals surface area contributed by atoms with Gasteiger partial charge in [0.25, 0.3) is 5.91 Å². The molecule has 1 aromatic heterocycles. The highest BCUT2D eigenvalue weighted by atomic mass is 32.1. The number of carboxylic acids is 1. The molecule has 0 saturated heterocycles. The van der Waals surface area contributed by atoms with Crippen molar-refractivity contribution >= 4 is 23.2 Å². The van der Waals surface area contributed by atoms with Crippen LogP contribution in [0.1, 0.15) is 31.3 Å². The number of hydrogen-bond donors (Lipinski definition) is 2. The third-order valence-electron chi connectivity index (χ3n) is 4.13. The normalized spacial score (nSPS) is 10.6. The summed E-state index contributed by atoms with van der Waals surface area (Å²) in [4.78, 5) is 24.4. The first-order valence-corrected chi connectivity index (χ1v) is 9.41. The maximum absolute atomic E-state index is 14.1. The van der Waals surface area contributed by atoms with Crippen LogP contribution in [0.4, 0.5) is 8.78 Å². The summed E-state index contributed by atoms with van der Waals surface area (Å²) in [7, 11) is 0. The summed E-state index contributed by atoms with van der Waals surface area (Å²) in [6, 6.07) is 13.3. The molecule has 2 aromatic carbocycles. The first kappa shape index (κ1) is 19.7. The van der Waals surface area contributed by atoms with Crippen molar-refractivity contribution in [3.63, 3.8) is 0 Å². The lowest BCUT2D eigenvalue weighted by Gasteiger charge is -2.08. The van der Waals surface area contributed by atoms with Crippen LogP contribution in [0.25, 0.3) is 11.1 Å². The Labute approximate surface area is 164 Å². The van der Waals surface area contributed by atoms with Crippen LogP contribution in [-0.4, -0.2) is 23.5 Å². The van der Waals surface area contributed by atoms with E-state index >= 15 is 0 Å². The first-order chi connectivity index (χ1) is 13.4. The number of carbonyl (C=O) groups is 2. The minimum atomic E-state index is -0.960. The van der Waals surface area contributed by atoms with Crippen molar-refractivity contribution in [2.75, 3.05) is 6.54 Å². The number of halogens is 2. The van der Waals surface area contributed by atoms with Gasteiger partial charge in [0.2, 0.25) is 0 Å². The molecule has 0 aliphatic carbocycles. The van der Waals surface area contributed by atoms with Gasteiger partial charge in [-0.25, -0.2) is 13.6 Å². The van der Waals surface area contributed by atoms with Gasteiger partial charge in [-0.1, -0.05) is 18.2 Å². The molecule has 2 N–H and O–H groups in total. The van der Waals surface area contributed by atoms with E-state index in [-0.39, 0.29) is 10.4 Å². The maximum Gasteiger partial charge on any atom is 0.345 e. The Bertz CT molecular complexity index is 1020. The summed E-state index contributed by atoms with van der Waals surface area (Å²) < 4.78 is 27.5. The van der Waals surface area contributed by atoms with E-state index in [2.05, 4.69) is 5.32 Å². The highest BCUT2D eigenvalue weighted by Gasteiger charge is 2.13. The standard InChI is InChI=1S/C21H17F2NO3S/c22-15-4-1-3-13(11-15)14-6-8-18(23)17(12-14)20(25)24-10-2-5-16-7-9-19(28-16)21(26)27/h1,3-4,6-9,11-12H,2,5,10H2,(H,24,25)(H,26,27). The predicted octanol–water partition coefficient (Wildman–Crippen LogP) is 4.75. The lowest BCUT2D eigenvalue weighted by atomic mass is 10.0. The Kier molecular flexibility index (Phi) is 6.16. The lowest BCUT2D eigenvalue weighted by molar-refractivity contribution is 0.0702. The number of thiophene rings is 1. The molecule has 0 unspecified atom stereocenters. The highest BCUT2D eigenvalue weighted by molar-refractivity contribution is 7.13. The van der Waals surface area contributed by atoms with Gasteiger partial charge in [-0.2, -0.15) is 0 Å². The van der Waals surface area contributed by atoms with Crippen LogP contribution in [0.5, 0.6) is 0 Å². The summed E-state index contributed by atoms with van der Waals surface area (Å²) in [6.07, 6.45) is 1.21. The van der Waals surface area contributed by atoms with Crippen molar-refractivity contribution in [1.29, 1.82) is 0 Å². The van der Waals surface area contributed by atoms with Crippen LogP contribution < -0.4 is 5.32 Å². The van der Waals surface area contributed by atoms with Crippen LogP contribution in [0.3, 0.4) is 0 Å². The van der Waals surface area contributed by atoms with Crippen LogP contribution in [0.15, 0.2) is 54.6 Å². The van der Waals surface area contributed by atoms with Gasteiger partial charge < -0.3 is 10.4 Å². The summed E-state index contributed by atoms with van der Waals surface area (Å²) >= 11 is 1.20. The number of benzene rings is 2. The van der Waals surface area contributed by atoms with E-state index in [1.807, 2.05) is 0 Å². The first-order valence-electron chi connectivity index (χ1n) is 8.60. The van der Waals surface area contributed by atoms with Crippen molar-refractivity contribution in [3.8, 4) is 11.1 Å². The van der Waals surface area contributed by atoms with Crippen LogP contribution >= 0.6 is 11.3 Å². The number of rotatable bonds is 7. The summed E-state index contributed by atoms with van der Waals surface area (Å²) in [5.74, 6) is -2.57. The predicted molar refractivity (Wildman–Crippen MR) is 104 cm³/mol. The van der Waals surface area contributed by atoms with Crippen LogP contribution in [-0.2, 0) is 6.42 Å². The number of aryl methyl sites for hydroxylation is 1. The average Bonchev–Trinajstić information content (AvgIpc) is 3.15. The molecule has 0 bridgehead atoms. The number of hydrogen-bond acceptors (Lipinski definition) is 3. The smallest absolute Gasteiger partial charge is 0.345 e. The zero-order valence-electron chi connectivity index (χ0n) is 14.7. The molecule has 144 valence electrons. The Hall–Kier alpha value is -3.06. The molecule has 0 spiro atoms. The van der Waals surface area contributed by atoms with Crippen molar-refractivity contribution in [3.05, 3.63) is 81.5 Å². The van der Waals surface area contributed by atoms with Gasteiger partial charge in [0.1, 0.15) is 16.5 Å². The zero-order chi connectivity index (χ0) is 20.1. The molecule has 3 rings (SSSR count). The number of carbonyl (C=O) groups excluding carboxylic acids is 1. The van der Waals surface area contributed by atoms with E-state index < -0.39 is 23.5 Å². The SMILES string of the molecule is O=C(O)c1ccc(CCCNC(=O)c2cc(-c3cccc(F)c3)ccc2F)s1. The quantitative estimate of drug-likeness (QED) is 0.561. The molecular formula is C21H17F2NO3S. The summed E-state index contributed by atoms with van der Waals surface area (Å²) in [6.45, 7) is 0.322. The van der Waals surface area contributed by atoms with Gasteiger partial charge in [-0.3, -0.25) is 4.79 Å². The van der Waals surface area contributed by atoms with Gasteiger partial charge in [0.15, 0.2) is 0 Å². The number of amides is 1. The third-order valence-corrected chi connectivity index (χ3v) is 5.26.